The molecule has 1 aromatic heterocycles. The first-order chi connectivity index (χ1) is 7.68. The Hall–Kier alpha value is -1.48. The van der Waals surface area contributed by atoms with Crippen molar-refractivity contribution in [1.82, 2.24) is 4.98 Å². The zero-order chi connectivity index (χ0) is 11.5. The molecule has 0 unspecified atom stereocenters. The highest BCUT2D eigenvalue weighted by Gasteiger charge is 2.12. The van der Waals surface area contributed by atoms with Crippen molar-refractivity contribution in [3.63, 3.8) is 0 Å². The summed E-state index contributed by atoms with van der Waals surface area (Å²) in [7, 11) is 0. The summed E-state index contributed by atoms with van der Waals surface area (Å²) < 4.78 is 0.960. The van der Waals surface area contributed by atoms with Gasteiger partial charge in [0.15, 0.2) is 0 Å². The smallest absolute Gasteiger partial charge is 0.211 e. The van der Waals surface area contributed by atoms with Crippen molar-refractivity contribution in [3.8, 4) is 0 Å². The van der Waals surface area contributed by atoms with Gasteiger partial charge >= 0.3 is 0 Å². The number of hydrogen-bond donors (Lipinski definition) is 0. The van der Waals surface area contributed by atoms with Gasteiger partial charge in [0.2, 0.25) is 5.78 Å². The summed E-state index contributed by atoms with van der Waals surface area (Å²) in [6.07, 6.45) is 1.64. The molecule has 2 rings (SSSR count). The summed E-state index contributed by atoms with van der Waals surface area (Å²) in [6.45, 7) is 1.89. The van der Waals surface area contributed by atoms with Gasteiger partial charge in [-0.05, 0) is 42.8 Å². The van der Waals surface area contributed by atoms with Crippen LogP contribution in [0.4, 0.5) is 0 Å². The summed E-state index contributed by atoms with van der Waals surface area (Å²) in [4.78, 5) is 16.2. The lowest BCUT2D eigenvalue weighted by Gasteiger charge is -2.03. The van der Waals surface area contributed by atoms with E-state index >= 15 is 0 Å². The monoisotopic (exact) mass is 275 g/mol. The first-order valence-corrected chi connectivity index (χ1v) is 5.69. The van der Waals surface area contributed by atoms with Crippen LogP contribution in [0.1, 0.15) is 21.6 Å². The highest BCUT2D eigenvalue weighted by atomic mass is 79.9. The van der Waals surface area contributed by atoms with Crippen LogP contribution in [0.3, 0.4) is 0 Å². The van der Waals surface area contributed by atoms with E-state index in [-0.39, 0.29) is 5.78 Å². The van der Waals surface area contributed by atoms with Gasteiger partial charge in [0.1, 0.15) is 5.69 Å². The Morgan fingerprint density at radius 3 is 2.50 bits per heavy atom. The van der Waals surface area contributed by atoms with E-state index in [1.807, 2.05) is 31.2 Å². The van der Waals surface area contributed by atoms with Gasteiger partial charge in [-0.2, -0.15) is 0 Å². The molecule has 0 aliphatic heterocycles. The second-order valence-electron chi connectivity index (χ2n) is 3.50. The van der Waals surface area contributed by atoms with Crippen LogP contribution in [0.25, 0.3) is 0 Å². The van der Waals surface area contributed by atoms with Crippen LogP contribution in [-0.2, 0) is 0 Å². The van der Waals surface area contributed by atoms with E-state index in [4.69, 9.17) is 0 Å². The zero-order valence-electron chi connectivity index (χ0n) is 8.77. The Morgan fingerprint density at radius 1 is 1.19 bits per heavy atom. The van der Waals surface area contributed by atoms with Crippen LogP contribution in [-0.4, -0.2) is 10.8 Å². The molecule has 0 saturated carbocycles. The lowest BCUT2D eigenvalue weighted by Crippen LogP contribution is -2.05. The van der Waals surface area contributed by atoms with Crippen molar-refractivity contribution in [3.05, 3.63) is 63.9 Å². The first-order valence-electron chi connectivity index (χ1n) is 4.90. The van der Waals surface area contributed by atoms with E-state index in [1.165, 1.54) is 0 Å². The third-order valence-corrected chi connectivity index (χ3v) is 2.86. The maximum atomic E-state index is 12.1. The molecule has 16 heavy (non-hydrogen) atoms. The molecule has 0 aliphatic rings. The van der Waals surface area contributed by atoms with Gasteiger partial charge in [-0.3, -0.25) is 9.78 Å². The van der Waals surface area contributed by atoms with Crippen LogP contribution in [0.2, 0.25) is 0 Å². The summed E-state index contributed by atoms with van der Waals surface area (Å²) in [6, 6.07) is 11.0. The van der Waals surface area contributed by atoms with E-state index in [0.29, 0.717) is 11.3 Å². The van der Waals surface area contributed by atoms with Gasteiger partial charge in [0.25, 0.3) is 0 Å². The van der Waals surface area contributed by atoms with E-state index in [0.717, 1.165) is 10.0 Å². The second-order valence-corrected chi connectivity index (χ2v) is 4.42. The number of aromatic nitrogens is 1. The van der Waals surface area contributed by atoms with Crippen LogP contribution < -0.4 is 0 Å². The van der Waals surface area contributed by atoms with Gasteiger partial charge in [0, 0.05) is 16.2 Å². The predicted octanol–water partition coefficient (Wildman–Crippen LogP) is 3.38. The number of aryl methyl sites for hydroxylation is 1. The molecule has 0 N–H and O–H groups in total. The van der Waals surface area contributed by atoms with Crippen molar-refractivity contribution >= 4 is 21.7 Å². The minimum atomic E-state index is -0.0365. The number of carbonyl (C=O) groups excluding carboxylic acids is 1. The molecule has 0 bridgehead atoms. The topological polar surface area (TPSA) is 30.0 Å². The van der Waals surface area contributed by atoms with Crippen molar-refractivity contribution in [2.45, 2.75) is 6.92 Å². The van der Waals surface area contributed by atoms with E-state index in [9.17, 15) is 4.79 Å². The number of halogens is 1. The SMILES string of the molecule is Cc1cccnc1C(=O)c1ccc(Br)cc1. The average molecular weight is 276 g/mol. The fraction of sp³-hybridized carbons (Fsp3) is 0.0769. The van der Waals surface area contributed by atoms with Gasteiger partial charge < -0.3 is 0 Å². The number of ketones is 1. The summed E-state index contributed by atoms with van der Waals surface area (Å²) in [5.74, 6) is -0.0365. The molecule has 1 heterocycles. The van der Waals surface area contributed by atoms with Crippen molar-refractivity contribution < 1.29 is 4.79 Å². The van der Waals surface area contributed by atoms with Crippen molar-refractivity contribution in [1.29, 1.82) is 0 Å². The molecule has 0 atom stereocenters. The molecule has 2 aromatic rings. The third-order valence-electron chi connectivity index (χ3n) is 2.33. The number of carbonyl (C=O) groups is 1. The third kappa shape index (κ3) is 2.19. The molecule has 0 amide bonds. The Labute approximate surface area is 102 Å². The van der Waals surface area contributed by atoms with E-state index in [2.05, 4.69) is 20.9 Å². The Bertz CT molecular complexity index is 520. The molecule has 0 fully saturated rings. The molecule has 0 saturated heterocycles. The van der Waals surface area contributed by atoms with E-state index < -0.39 is 0 Å². The Balaban J connectivity index is 2.40. The number of rotatable bonds is 2. The van der Waals surface area contributed by atoms with Crippen LogP contribution in [0, 0.1) is 6.92 Å². The molecule has 80 valence electrons. The van der Waals surface area contributed by atoms with Gasteiger partial charge in [0.05, 0.1) is 0 Å². The van der Waals surface area contributed by atoms with E-state index in [1.54, 1.807) is 18.3 Å². The minimum absolute atomic E-state index is 0.0365. The second kappa shape index (κ2) is 4.58. The molecule has 0 aliphatic carbocycles. The fourth-order valence-electron chi connectivity index (χ4n) is 1.46. The molecular formula is C13H10BrNO. The van der Waals surface area contributed by atoms with Crippen LogP contribution >= 0.6 is 15.9 Å². The van der Waals surface area contributed by atoms with Gasteiger partial charge in [-0.25, -0.2) is 0 Å². The Morgan fingerprint density at radius 2 is 1.88 bits per heavy atom. The average Bonchev–Trinajstić information content (AvgIpc) is 2.30. The van der Waals surface area contributed by atoms with Crippen molar-refractivity contribution in [2.75, 3.05) is 0 Å². The number of nitrogens with zero attached hydrogens (tertiary/aromatic N) is 1. The van der Waals surface area contributed by atoms with Crippen molar-refractivity contribution in [2.24, 2.45) is 0 Å². The molecule has 0 spiro atoms. The molecule has 2 nitrogen and oxygen atoms in total. The summed E-state index contributed by atoms with van der Waals surface area (Å²) >= 11 is 3.34. The van der Waals surface area contributed by atoms with Gasteiger partial charge in [-0.15, -0.1) is 0 Å². The highest BCUT2D eigenvalue weighted by Crippen LogP contribution is 2.14. The summed E-state index contributed by atoms with van der Waals surface area (Å²) in [5.41, 5.74) is 2.07. The maximum absolute atomic E-state index is 12.1. The normalized spacial score (nSPS) is 10.1. The Kier molecular flexibility index (Phi) is 3.15. The number of pyridine rings is 1. The standard InChI is InChI=1S/C13H10BrNO/c1-9-3-2-8-15-12(9)13(16)10-4-6-11(14)7-5-10/h2-8H,1H3. The molecule has 0 radical (unpaired) electrons. The number of benzene rings is 1. The lowest BCUT2D eigenvalue weighted by molar-refractivity contribution is 0.103. The highest BCUT2D eigenvalue weighted by molar-refractivity contribution is 9.10. The number of hydrogen-bond acceptors (Lipinski definition) is 2. The molecular weight excluding hydrogens is 266 g/mol. The minimum Gasteiger partial charge on any atom is -0.287 e. The first kappa shape index (κ1) is 11.0. The van der Waals surface area contributed by atoms with Crippen LogP contribution in [0.15, 0.2) is 47.1 Å². The molecule has 1 aromatic carbocycles. The predicted molar refractivity (Wildman–Crippen MR) is 66.5 cm³/mol. The maximum Gasteiger partial charge on any atom is 0.211 e. The quantitative estimate of drug-likeness (QED) is 0.787. The lowest BCUT2D eigenvalue weighted by atomic mass is 10.0. The molecule has 3 heteroatoms. The largest absolute Gasteiger partial charge is 0.287 e. The zero-order valence-corrected chi connectivity index (χ0v) is 10.4. The van der Waals surface area contributed by atoms with Gasteiger partial charge in [-0.1, -0.05) is 22.0 Å². The summed E-state index contributed by atoms with van der Waals surface area (Å²) in [5, 5.41) is 0. The van der Waals surface area contributed by atoms with Crippen LogP contribution in [0.5, 0.6) is 0 Å². The fourth-order valence-corrected chi connectivity index (χ4v) is 1.73.